The quantitative estimate of drug-likeness (QED) is 0.513. The number of nitrogens with one attached hydrogen (secondary N) is 1. The molecule has 4 rings (SSSR count). The molecule has 1 amide bonds. The molecule has 0 aliphatic rings. The number of rotatable bonds is 5. The number of nitrogens with zero attached hydrogens (tertiary/aromatic N) is 4. The molecule has 2 aromatic heterocycles. The topological polar surface area (TPSA) is 90.9 Å². The van der Waals surface area contributed by atoms with E-state index >= 15 is 0 Å². The van der Waals surface area contributed by atoms with Crippen molar-refractivity contribution in [1.82, 2.24) is 19.1 Å². The second-order valence-electron chi connectivity index (χ2n) is 7.97. The maximum absolute atomic E-state index is 13.1. The first kappa shape index (κ1) is 22.0. The molecule has 2 aromatic carbocycles. The van der Waals surface area contributed by atoms with Crippen LogP contribution in [-0.4, -0.2) is 25.1 Å². The summed E-state index contributed by atoms with van der Waals surface area (Å²) in [5.74, 6) is -0.503. The molecule has 1 N–H and O–H groups in total. The van der Waals surface area contributed by atoms with Gasteiger partial charge in [0.2, 0.25) is 5.91 Å². The fourth-order valence-electron chi connectivity index (χ4n) is 3.63. The summed E-state index contributed by atoms with van der Waals surface area (Å²) in [5, 5.41) is 7.11. The number of aromatic nitrogens is 4. The maximum Gasteiger partial charge on any atom is 0.295 e. The van der Waals surface area contributed by atoms with Crippen LogP contribution in [0.4, 0.5) is 5.69 Å². The van der Waals surface area contributed by atoms with Gasteiger partial charge in [0.15, 0.2) is 0 Å². The Morgan fingerprint density at radius 1 is 0.939 bits per heavy atom. The van der Waals surface area contributed by atoms with Gasteiger partial charge in [-0.3, -0.25) is 19.1 Å². The molecule has 2 heterocycles. The monoisotopic (exact) mass is 443 g/mol. The molecular weight excluding hydrogens is 418 g/mol. The standard InChI is InChI=1S/C25H25N5O3/c1-16-10-12-19(13-11-16)21-14-15-22(31)29(27-21)18(3)24(32)26-23-17(2)28(4)30(25(23)33)20-8-6-5-7-9-20/h5-15,18H,1-4H3,(H,26,32). The van der Waals surface area contributed by atoms with Gasteiger partial charge in [-0.25, -0.2) is 9.36 Å². The lowest BCUT2D eigenvalue weighted by Crippen LogP contribution is -2.34. The molecule has 0 radical (unpaired) electrons. The molecule has 4 aromatic rings. The van der Waals surface area contributed by atoms with Gasteiger partial charge in [0, 0.05) is 18.7 Å². The SMILES string of the molecule is Cc1ccc(-c2ccc(=O)n(C(C)C(=O)Nc3c(C)n(C)n(-c4ccccc4)c3=O)n2)cc1. The lowest BCUT2D eigenvalue weighted by molar-refractivity contribution is -0.119. The fraction of sp³-hybridized carbons (Fsp3) is 0.200. The van der Waals surface area contributed by atoms with Crippen LogP contribution in [0.1, 0.15) is 24.2 Å². The van der Waals surface area contributed by atoms with E-state index in [4.69, 9.17) is 0 Å². The van der Waals surface area contributed by atoms with Gasteiger partial charge in [-0.05, 0) is 39.0 Å². The number of hydrogen-bond donors (Lipinski definition) is 1. The zero-order valence-electron chi connectivity index (χ0n) is 18.9. The van der Waals surface area contributed by atoms with E-state index in [-0.39, 0.29) is 11.2 Å². The van der Waals surface area contributed by atoms with Crippen molar-refractivity contribution in [2.75, 3.05) is 5.32 Å². The van der Waals surface area contributed by atoms with Gasteiger partial charge in [-0.1, -0.05) is 48.0 Å². The Kier molecular flexibility index (Phi) is 5.83. The normalized spacial score (nSPS) is 11.9. The number of amides is 1. The Hall–Kier alpha value is -4.20. The van der Waals surface area contributed by atoms with Crippen molar-refractivity contribution in [3.8, 4) is 16.9 Å². The number of hydrogen-bond acceptors (Lipinski definition) is 4. The summed E-state index contributed by atoms with van der Waals surface area (Å²) in [7, 11) is 1.75. The number of benzene rings is 2. The Morgan fingerprint density at radius 2 is 1.61 bits per heavy atom. The molecular formula is C25H25N5O3. The van der Waals surface area contributed by atoms with Crippen molar-refractivity contribution in [3.63, 3.8) is 0 Å². The highest BCUT2D eigenvalue weighted by atomic mass is 16.2. The zero-order valence-corrected chi connectivity index (χ0v) is 18.9. The van der Waals surface area contributed by atoms with Crippen molar-refractivity contribution in [3.05, 3.63) is 98.7 Å². The van der Waals surface area contributed by atoms with Crippen LogP contribution in [0.3, 0.4) is 0 Å². The molecule has 1 atom stereocenters. The zero-order chi connectivity index (χ0) is 23.7. The van der Waals surface area contributed by atoms with Gasteiger partial charge in [0.1, 0.15) is 11.7 Å². The Bertz CT molecular complexity index is 1430. The highest BCUT2D eigenvalue weighted by Crippen LogP contribution is 2.18. The predicted octanol–water partition coefficient (Wildman–Crippen LogP) is 3.22. The van der Waals surface area contributed by atoms with Crippen molar-refractivity contribution >= 4 is 11.6 Å². The third-order valence-electron chi connectivity index (χ3n) is 5.72. The molecule has 0 aliphatic carbocycles. The van der Waals surface area contributed by atoms with Gasteiger partial charge in [0.25, 0.3) is 11.1 Å². The summed E-state index contributed by atoms with van der Waals surface area (Å²) in [5.41, 5.74) is 3.22. The average Bonchev–Trinajstić information content (AvgIpc) is 3.03. The third kappa shape index (κ3) is 4.15. The van der Waals surface area contributed by atoms with Crippen molar-refractivity contribution in [2.24, 2.45) is 7.05 Å². The minimum atomic E-state index is -0.924. The van der Waals surface area contributed by atoms with Gasteiger partial charge in [0.05, 0.1) is 17.1 Å². The summed E-state index contributed by atoms with van der Waals surface area (Å²) in [6, 6.07) is 19.0. The van der Waals surface area contributed by atoms with Gasteiger partial charge in [-0.2, -0.15) is 5.10 Å². The Labute approximate surface area is 190 Å². The predicted molar refractivity (Wildman–Crippen MR) is 128 cm³/mol. The summed E-state index contributed by atoms with van der Waals surface area (Å²) in [6.45, 7) is 5.32. The van der Waals surface area contributed by atoms with Crippen LogP contribution in [0.2, 0.25) is 0 Å². The van der Waals surface area contributed by atoms with E-state index in [1.54, 1.807) is 31.6 Å². The van der Waals surface area contributed by atoms with E-state index in [0.29, 0.717) is 17.1 Å². The van der Waals surface area contributed by atoms with Gasteiger partial charge in [-0.15, -0.1) is 0 Å². The molecule has 0 spiro atoms. The van der Waals surface area contributed by atoms with Gasteiger partial charge >= 0.3 is 0 Å². The van der Waals surface area contributed by atoms with E-state index in [1.165, 1.54) is 10.7 Å². The summed E-state index contributed by atoms with van der Waals surface area (Å²) >= 11 is 0. The molecule has 0 fully saturated rings. The summed E-state index contributed by atoms with van der Waals surface area (Å²) in [4.78, 5) is 38.6. The highest BCUT2D eigenvalue weighted by Gasteiger charge is 2.23. The largest absolute Gasteiger partial charge is 0.318 e. The molecule has 1 unspecified atom stereocenters. The second kappa shape index (κ2) is 8.74. The highest BCUT2D eigenvalue weighted by molar-refractivity contribution is 5.93. The minimum Gasteiger partial charge on any atom is -0.318 e. The molecule has 8 heteroatoms. The van der Waals surface area contributed by atoms with E-state index in [2.05, 4.69) is 10.4 Å². The number of carbonyl (C=O) groups excluding carboxylic acids is 1. The fourth-order valence-corrected chi connectivity index (χ4v) is 3.63. The smallest absolute Gasteiger partial charge is 0.295 e. The van der Waals surface area contributed by atoms with Crippen LogP contribution in [0.5, 0.6) is 0 Å². The van der Waals surface area contributed by atoms with Crippen LogP contribution >= 0.6 is 0 Å². The van der Waals surface area contributed by atoms with Crippen LogP contribution in [0.25, 0.3) is 16.9 Å². The first-order valence-corrected chi connectivity index (χ1v) is 10.6. The summed E-state index contributed by atoms with van der Waals surface area (Å²) in [6.07, 6.45) is 0. The van der Waals surface area contributed by atoms with Crippen molar-refractivity contribution in [2.45, 2.75) is 26.8 Å². The summed E-state index contributed by atoms with van der Waals surface area (Å²) < 4.78 is 4.30. The number of carbonyl (C=O) groups is 1. The van der Waals surface area contributed by atoms with E-state index < -0.39 is 17.5 Å². The Morgan fingerprint density at radius 3 is 2.27 bits per heavy atom. The number of para-hydroxylation sites is 1. The molecule has 0 bridgehead atoms. The van der Waals surface area contributed by atoms with Crippen molar-refractivity contribution < 1.29 is 4.79 Å². The number of anilines is 1. The maximum atomic E-state index is 13.1. The van der Waals surface area contributed by atoms with Gasteiger partial charge < -0.3 is 5.32 Å². The lowest BCUT2D eigenvalue weighted by Gasteiger charge is -2.14. The first-order chi connectivity index (χ1) is 15.8. The van der Waals surface area contributed by atoms with Crippen LogP contribution in [-0.2, 0) is 11.8 Å². The van der Waals surface area contributed by atoms with E-state index in [0.717, 1.165) is 15.8 Å². The molecule has 8 nitrogen and oxygen atoms in total. The third-order valence-corrected chi connectivity index (χ3v) is 5.72. The molecule has 0 aliphatic heterocycles. The van der Waals surface area contributed by atoms with E-state index in [1.807, 2.05) is 61.5 Å². The minimum absolute atomic E-state index is 0.168. The van der Waals surface area contributed by atoms with Crippen LogP contribution in [0.15, 0.2) is 76.3 Å². The molecule has 33 heavy (non-hydrogen) atoms. The Balaban J connectivity index is 1.65. The molecule has 168 valence electrons. The average molecular weight is 444 g/mol. The van der Waals surface area contributed by atoms with Crippen LogP contribution in [0, 0.1) is 13.8 Å². The lowest BCUT2D eigenvalue weighted by atomic mass is 10.1. The van der Waals surface area contributed by atoms with Crippen molar-refractivity contribution in [1.29, 1.82) is 0 Å². The molecule has 0 saturated heterocycles. The van der Waals surface area contributed by atoms with E-state index in [9.17, 15) is 14.4 Å². The second-order valence-corrected chi connectivity index (χ2v) is 7.97. The van der Waals surface area contributed by atoms with Crippen LogP contribution < -0.4 is 16.4 Å². The number of aryl methyl sites for hydroxylation is 1. The first-order valence-electron chi connectivity index (χ1n) is 10.6. The molecule has 0 saturated carbocycles.